The molecule has 5 heteroatoms. The van der Waals surface area contributed by atoms with E-state index < -0.39 is 4.92 Å². The summed E-state index contributed by atoms with van der Waals surface area (Å²) in [6, 6.07) is 4.54. The van der Waals surface area contributed by atoms with Gasteiger partial charge in [0.15, 0.2) is 0 Å². The third-order valence-electron chi connectivity index (χ3n) is 1.62. The molecular weight excluding hydrogens is 210 g/mol. The van der Waals surface area contributed by atoms with Crippen LogP contribution in [0, 0.1) is 10.1 Å². The van der Waals surface area contributed by atoms with Crippen LogP contribution in [-0.4, -0.2) is 10.7 Å². The van der Waals surface area contributed by atoms with Gasteiger partial charge in [-0.05, 0) is 24.3 Å². The maximum Gasteiger partial charge on any atom is 0.272 e. The van der Waals surface area contributed by atoms with Crippen LogP contribution in [0.4, 0.5) is 5.69 Å². The van der Waals surface area contributed by atoms with Crippen LogP contribution in [0.1, 0.15) is 5.56 Å². The summed E-state index contributed by atoms with van der Waals surface area (Å²) in [5.41, 5.74) is 0.742. The predicted molar refractivity (Wildman–Crippen MR) is 55.7 cm³/mol. The van der Waals surface area contributed by atoms with Crippen LogP contribution in [0.5, 0.6) is 0 Å². The van der Waals surface area contributed by atoms with E-state index in [1.807, 2.05) is 0 Å². The molecule has 13 heavy (non-hydrogen) atoms. The van der Waals surface area contributed by atoms with Gasteiger partial charge in [-0.2, -0.15) is 12.6 Å². The number of aryl methyl sites for hydroxylation is 1. The average Bonchev–Trinajstić information content (AvgIpc) is 2.04. The van der Waals surface area contributed by atoms with Crippen molar-refractivity contribution in [1.82, 2.24) is 0 Å². The number of nitrogens with zero attached hydrogens (tertiary/aromatic N) is 1. The normalized spacial score (nSPS) is 10.0. The summed E-state index contributed by atoms with van der Waals surface area (Å²) in [6.07, 6.45) is 0.556. The Kier molecular flexibility index (Phi) is 3.57. The van der Waals surface area contributed by atoms with Gasteiger partial charge in [0.05, 0.1) is 4.92 Å². The zero-order valence-electron chi connectivity index (χ0n) is 6.74. The molecular formula is C8H8ClNO2S. The largest absolute Gasteiger partial charge is 0.272 e. The molecule has 0 aliphatic heterocycles. The standard InChI is InChI=1S/C8H8ClNO2S/c9-7-1-2-8(10(11)12)6(5-7)3-4-13/h1-2,5,13H,3-4H2. The van der Waals surface area contributed by atoms with Gasteiger partial charge in [0, 0.05) is 16.7 Å². The van der Waals surface area contributed by atoms with Gasteiger partial charge in [-0.3, -0.25) is 10.1 Å². The Morgan fingerprint density at radius 3 is 2.77 bits per heavy atom. The Morgan fingerprint density at radius 2 is 2.23 bits per heavy atom. The molecule has 70 valence electrons. The summed E-state index contributed by atoms with van der Waals surface area (Å²) in [4.78, 5) is 10.1. The molecule has 0 amide bonds. The molecule has 0 heterocycles. The van der Waals surface area contributed by atoms with Crippen molar-refractivity contribution < 1.29 is 4.92 Å². The Hall–Kier alpha value is -0.740. The number of hydrogen-bond acceptors (Lipinski definition) is 3. The van der Waals surface area contributed by atoms with E-state index in [0.29, 0.717) is 22.8 Å². The van der Waals surface area contributed by atoms with E-state index in [2.05, 4.69) is 12.6 Å². The molecule has 0 aliphatic carbocycles. The average molecular weight is 218 g/mol. The minimum atomic E-state index is -0.408. The first-order valence-corrected chi connectivity index (χ1v) is 4.70. The molecule has 0 N–H and O–H groups in total. The lowest BCUT2D eigenvalue weighted by Gasteiger charge is -2.00. The molecule has 0 fully saturated rings. The molecule has 0 saturated heterocycles. The van der Waals surface area contributed by atoms with E-state index in [-0.39, 0.29) is 5.69 Å². The third kappa shape index (κ3) is 2.60. The Bertz CT molecular complexity index is 330. The van der Waals surface area contributed by atoms with Crippen LogP contribution in [0.2, 0.25) is 5.02 Å². The fourth-order valence-corrected chi connectivity index (χ4v) is 1.49. The summed E-state index contributed by atoms with van der Waals surface area (Å²) in [6.45, 7) is 0. The topological polar surface area (TPSA) is 43.1 Å². The van der Waals surface area contributed by atoms with E-state index in [0.717, 1.165) is 0 Å². The number of thiol groups is 1. The van der Waals surface area contributed by atoms with E-state index in [9.17, 15) is 10.1 Å². The fourth-order valence-electron chi connectivity index (χ4n) is 1.05. The second-order valence-corrected chi connectivity index (χ2v) is 3.39. The molecule has 0 aliphatic rings. The number of hydrogen-bond donors (Lipinski definition) is 1. The highest BCUT2D eigenvalue weighted by molar-refractivity contribution is 7.80. The van der Waals surface area contributed by atoms with Crippen LogP contribution in [0.15, 0.2) is 18.2 Å². The summed E-state index contributed by atoms with van der Waals surface area (Å²) in [5, 5.41) is 11.1. The Labute approximate surface area is 86.3 Å². The van der Waals surface area contributed by atoms with Gasteiger partial charge in [-0.25, -0.2) is 0 Å². The summed E-state index contributed by atoms with van der Waals surface area (Å²) in [5.74, 6) is 0.571. The first-order chi connectivity index (χ1) is 6.15. The van der Waals surface area contributed by atoms with E-state index in [1.54, 1.807) is 6.07 Å². The maximum absolute atomic E-state index is 10.5. The number of nitro benzene ring substituents is 1. The highest BCUT2D eigenvalue weighted by Crippen LogP contribution is 2.23. The molecule has 0 radical (unpaired) electrons. The van der Waals surface area contributed by atoms with E-state index >= 15 is 0 Å². The maximum atomic E-state index is 10.5. The molecule has 0 spiro atoms. The number of halogens is 1. The van der Waals surface area contributed by atoms with Crippen molar-refractivity contribution in [1.29, 1.82) is 0 Å². The smallest absolute Gasteiger partial charge is 0.258 e. The number of rotatable bonds is 3. The minimum Gasteiger partial charge on any atom is -0.258 e. The van der Waals surface area contributed by atoms with Crippen LogP contribution in [0.25, 0.3) is 0 Å². The van der Waals surface area contributed by atoms with Crippen LogP contribution >= 0.6 is 24.2 Å². The number of benzene rings is 1. The lowest BCUT2D eigenvalue weighted by molar-refractivity contribution is -0.385. The molecule has 1 rings (SSSR count). The zero-order valence-corrected chi connectivity index (χ0v) is 8.39. The third-order valence-corrected chi connectivity index (χ3v) is 2.08. The van der Waals surface area contributed by atoms with Crippen LogP contribution in [-0.2, 0) is 6.42 Å². The first-order valence-electron chi connectivity index (χ1n) is 3.69. The van der Waals surface area contributed by atoms with Gasteiger partial charge in [-0.1, -0.05) is 11.6 Å². The van der Waals surface area contributed by atoms with Gasteiger partial charge < -0.3 is 0 Å². The molecule has 0 aromatic heterocycles. The highest BCUT2D eigenvalue weighted by Gasteiger charge is 2.12. The van der Waals surface area contributed by atoms with Crippen molar-refractivity contribution >= 4 is 29.9 Å². The van der Waals surface area contributed by atoms with Crippen LogP contribution < -0.4 is 0 Å². The quantitative estimate of drug-likeness (QED) is 0.481. The van der Waals surface area contributed by atoms with Crippen molar-refractivity contribution in [2.45, 2.75) is 6.42 Å². The molecule has 0 atom stereocenters. The number of nitro groups is 1. The van der Waals surface area contributed by atoms with E-state index in [1.165, 1.54) is 12.1 Å². The summed E-state index contributed by atoms with van der Waals surface area (Å²) in [7, 11) is 0. The van der Waals surface area contributed by atoms with Crippen molar-refractivity contribution in [3.8, 4) is 0 Å². The van der Waals surface area contributed by atoms with Crippen LogP contribution in [0.3, 0.4) is 0 Å². The second-order valence-electron chi connectivity index (χ2n) is 2.50. The SMILES string of the molecule is O=[N+]([O-])c1ccc(Cl)cc1CCS. The summed E-state index contributed by atoms with van der Waals surface area (Å²) < 4.78 is 0. The van der Waals surface area contributed by atoms with Gasteiger partial charge in [0.25, 0.3) is 5.69 Å². The van der Waals surface area contributed by atoms with Crippen molar-refractivity contribution in [2.24, 2.45) is 0 Å². The van der Waals surface area contributed by atoms with E-state index in [4.69, 9.17) is 11.6 Å². The molecule has 3 nitrogen and oxygen atoms in total. The fraction of sp³-hybridized carbons (Fsp3) is 0.250. The van der Waals surface area contributed by atoms with Gasteiger partial charge in [-0.15, -0.1) is 0 Å². The Morgan fingerprint density at radius 1 is 1.54 bits per heavy atom. The summed E-state index contributed by atoms with van der Waals surface area (Å²) >= 11 is 9.73. The van der Waals surface area contributed by atoms with Crippen molar-refractivity contribution in [2.75, 3.05) is 5.75 Å². The zero-order chi connectivity index (χ0) is 9.84. The second kappa shape index (κ2) is 4.48. The van der Waals surface area contributed by atoms with Gasteiger partial charge in [0.1, 0.15) is 0 Å². The minimum absolute atomic E-state index is 0.110. The van der Waals surface area contributed by atoms with Gasteiger partial charge >= 0.3 is 0 Å². The first kappa shape index (κ1) is 10.3. The monoisotopic (exact) mass is 217 g/mol. The molecule has 1 aromatic rings. The molecule has 1 aromatic carbocycles. The van der Waals surface area contributed by atoms with Crippen molar-refractivity contribution in [3.63, 3.8) is 0 Å². The molecule has 0 bridgehead atoms. The lowest BCUT2D eigenvalue weighted by atomic mass is 10.1. The van der Waals surface area contributed by atoms with Crippen molar-refractivity contribution in [3.05, 3.63) is 38.9 Å². The lowest BCUT2D eigenvalue weighted by Crippen LogP contribution is -1.96. The molecule has 0 unspecified atom stereocenters. The Balaban J connectivity index is 3.10. The predicted octanol–water partition coefficient (Wildman–Crippen LogP) is 2.72. The highest BCUT2D eigenvalue weighted by atomic mass is 35.5. The van der Waals surface area contributed by atoms with Gasteiger partial charge in [0.2, 0.25) is 0 Å². The molecule has 0 saturated carbocycles.